The van der Waals surface area contributed by atoms with E-state index in [2.05, 4.69) is 50.0 Å². The van der Waals surface area contributed by atoms with Crippen LogP contribution in [-0.4, -0.2) is 61.7 Å². The van der Waals surface area contributed by atoms with Crippen LogP contribution in [0.15, 0.2) is 0 Å². The average Bonchev–Trinajstić information content (AvgIpc) is 2.36. The van der Waals surface area contributed by atoms with Gasteiger partial charge in [0, 0.05) is 18.1 Å². The van der Waals surface area contributed by atoms with Crippen LogP contribution in [-0.2, 0) is 0 Å². The van der Waals surface area contributed by atoms with Crippen LogP contribution in [0, 0.1) is 0 Å². The molecule has 0 radical (unpaired) electrons. The highest BCUT2D eigenvalue weighted by molar-refractivity contribution is 4.77. The standard InChI is InChI=1S/C17H37N3/c1-17(2,3)18-12-8-6-7-9-13-20-14-10-11-16(15-20)19(4)5/h16,18H,6-15H2,1-5H3. The molecular weight excluding hydrogens is 246 g/mol. The van der Waals surface area contributed by atoms with Crippen molar-refractivity contribution >= 4 is 0 Å². The summed E-state index contributed by atoms with van der Waals surface area (Å²) >= 11 is 0. The first-order valence-corrected chi connectivity index (χ1v) is 8.52. The number of rotatable bonds is 8. The Morgan fingerprint density at radius 3 is 2.45 bits per heavy atom. The van der Waals surface area contributed by atoms with E-state index in [1.165, 1.54) is 58.2 Å². The number of unbranched alkanes of at least 4 members (excludes halogenated alkanes) is 3. The summed E-state index contributed by atoms with van der Waals surface area (Å²) in [6, 6.07) is 0.778. The maximum Gasteiger partial charge on any atom is 0.0217 e. The van der Waals surface area contributed by atoms with Gasteiger partial charge in [-0.05, 0) is 80.2 Å². The monoisotopic (exact) mass is 283 g/mol. The van der Waals surface area contributed by atoms with Crippen molar-refractivity contribution < 1.29 is 0 Å². The van der Waals surface area contributed by atoms with Crippen molar-refractivity contribution in [1.82, 2.24) is 15.1 Å². The van der Waals surface area contributed by atoms with Crippen molar-refractivity contribution in [2.45, 2.75) is 70.9 Å². The van der Waals surface area contributed by atoms with Crippen LogP contribution in [0.3, 0.4) is 0 Å². The molecule has 0 aromatic heterocycles. The lowest BCUT2D eigenvalue weighted by Gasteiger charge is -2.36. The molecule has 0 aromatic rings. The number of piperidine rings is 1. The first-order valence-electron chi connectivity index (χ1n) is 8.52. The lowest BCUT2D eigenvalue weighted by Crippen LogP contribution is -2.45. The molecule has 1 atom stereocenters. The molecule has 1 aliphatic rings. The Morgan fingerprint density at radius 1 is 1.10 bits per heavy atom. The summed E-state index contributed by atoms with van der Waals surface area (Å²) in [7, 11) is 4.44. The van der Waals surface area contributed by atoms with Gasteiger partial charge in [0.15, 0.2) is 0 Å². The quantitative estimate of drug-likeness (QED) is 0.691. The smallest absolute Gasteiger partial charge is 0.0217 e. The SMILES string of the molecule is CN(C)C1CCCN(CCCCCCNC(C)(C)C)C1. The molecule has 0 aromatic carbocycles. The predicted molar refractivity (Wildman–Crippen MR) is 89.4 cm³/mol. The Bertz CT molecular complexity index is 245. The molecule has 20 heavy (non-hydrogen) atoms. The van der Waals surface area contributed by atoms with Crippen LogP contribution in [0.2, 0.25) is 0 Å². The van der Waals surface area contributed by atoms with Crippen LogP contribution in [0.5, 0.6) is 0 Å². The second kappa shape index (κ2) is 9.01. The van der Waals surface area contributed by atoms with Crippen molar-refractivity contribution in [2.75, 3.05) is 40.3 Å². The predicted octanol–water partition coefficient (Wildman–Crippen LogP) is 2.96. The highest BCUT2D eigenvalue weighted by Crippen LogP contribution is 2.14. The zero-order valence-electron chi connectivity index (χ0n) is 14.5. The molecule has 1 N–H and O–H groups in total. The van der Waals surface area contributed by atoms with Gasteiger partial charge in [-0.15, -0.1) is 0 Å². The molecule has 0 spiro atoms. The molecule has 3 heteroatoms. The lowest BCUT2D eigenvalue weighted by molar-refractivity contribution is 0.131. The topological polar surface area (TPSA) is 18.5 Å². The highest BCUT2D eigenvalue weighted by Gasteiger charge is 2.20. The normalized spacial score (nSPS) is 21.6. The highest BCUT2D eigenvalue weighted by atomic mass is 15.2. The van der Waals surface area contributed by atoms with Gasteiger partial charge < -0.3 is 15.1 Å². The van der Waals surface area contributed by atoms with E-state index in [0.717, 1.165) is 12.6 Å². The molecule has 1 unspecified atom stereocenters. The van der Waals surface area contributed by atoms with Gasteiger partial charge in [0.25, 0.3) is 0 Å². The fourth-order valence-electron chi connectivity index (χ4n) is 2.93. The number of nitrogens with one attached hydrogen (secondary N) is 1. The summed E-state index contributed by atoms with van der Waals surface area (Å²) in [5.74, 6) is 0. The van der Waals surface area contributed by atoms with Crippen LogP contribution in [0.4, 0.5) is 0 Å². The zero-order valence-corrected chi connectivity index (χ0v) is 14.5. The first-order chi connectivity index (χ1) is 9.38. The minimum Gasteiger partial charge on any atom is -0.312 e. The van der Waals surface area contributed by atoms with Gasteiger partial charge in [0.1, 0.15) is 0 Å². The van der Waals surface area contributed by atoms with E-state index in [-0.39, 0.29) is 5.54 Å². The van der Waals surface area contributed by atoms with E-state index in [9.17, 15) is 0 Å². The van der Waals surface area contributed by atoms with Gasteiger partial charge in [-0.1, -0.05) is 12.8 Å². The summed E-state index contributed by atoms with van der Waals surface area (Å²) in [5.41, 5.74) is 0.273. The molecule has 1 saturated heterocycles. The summed E-state index contributed by atoms with van der Waals surface area (Å²) in [6.07, 6.45) is 8.19. The van der Waals surface area contributed by atoms with Gasteiger partial charge >= 0.3 is 0 Å². The molecule has 1 fully saturated rings. The van der Waals surface area contributed by atoms with E-state index in [4.69, 9.17) is 0 Å². The average molecular weight is 284 g/mol. The summed E-state index contributed by atoms with van der Waals surface area (Å²) < 4.78 is 0. The van der Waals surface area contributed by atoms with Crippen LogP contribution in [0.1, 0.15) is 59.3 Å². The molecular formula is C17H37N3. The van der Waals surface area contributed by atoms with E-state index in [1.54, 1.807) is 0 Å². The fraction of sp³-hybridized carbons (Fsp3) is 1.00. The summed E-state index contributed by atoms with van der Waals surface area (Å²) in [6.45, 7) is 11.8. The second-order valence-corrected chi connectivity index (χ2v) is 7.65. The lowest BCUT2D eigenvalue weighted by atomic mass is 10.0. The molecule has 1 rings (SSSR count). The minimum atomic E-state index is 0.273. The Morgan fingerprint density at radius 2 is 1.80 bits per heavy atom. The number of likely N-dealkylation sites (tertiary alicyclic amines) is 1. The molecule has 120 valence electrons. The van der Waals surface area contributed by atoms with Gasteiger partial charge in [0.05, 0.1) is 0 Å². The Kier molecular flexibility index (Phi) is 8.08. The van der Waals surface area contributed by atoms with Crippen molar-refractivity contribution in [3.8, 4) is 0 Å². The van der Waals surface area contributed by atoms with Gasteiger partial charge in [-0.3, -0.25) is 0 Å². The number of hydrogen-bond acceptors (Lipinski definition) is 3. The second-order valence-electron chi connectivity index (χ2n) is 7.65. The maximum absolute atomic E-state index is 3.56. The van der Waals surface area contributed by atoms with Gasteiger partial charge in [-0.2, -0.15) is 0 Å². The number of likely N-dealkylation sites (N-methyl/N-ethyl adjacent to an activating group) is 1. The van der Waals surface area contributed by atoms with Gasteiger partial charge in [0.2, 0.25) is 0 Å². The van der Waals surface area contributed by atoms with Crippen molar-refractivity contribution in [3.63, 3.8) is 0 Å². The van der Waals surface area contributed by atoms with E-state index >= 15 is 0 Å². The minimum absolute atomic E-state index is 0.273. The fourth-order valence-corrected chi connectivity index (χ4v) is 2.93. The Balaban J connectivity index is 1.98. The van der Waals surface area contributed by atoms with E-state index < -0.39 is 0 Å². The molecule has 0 aliphatic carbocycles. The third-order valence-corrected chi connectivity index (χ3v) is 4.27. The van der Waals surface area contributed by atoms with Crippen LogP contribution >= 0.6 is 0 Å². The third kappa shape index (κ3) is 8.23. The molecule has 0 bridgehead atoms. The Labute approximate surface area is 127 Å². The molecule has 0 saturated carbocycles. The molecule has 3 nitrogen and oxygen atoms in total. The maximum atomic E-state index is 3.56. The Hall–Kier alpha value is -0.120. The molecule has 1 heterocycles. The van der Waals surface area contributed by atoms with Crippen molar-refractivity contribution in [2.24, 2.45) is 0 Å². The van der Waals surface area contributed by atoms with Crippen molar-refractivity contribution in [3.05, 3.63) is 0 Å². The van der Waals surface area contributed by atoms with Crippen LogP contribution in [0.25, 0.3) is 0 Å². The number of nitrogens with zero attached hydrogens (tertiary/aromatic N) is 2. The van der Waals surface area contributed by atoms with Crippen molar-refractivity contribution in [1.29, 1.82) is 0 Å². The van der Waals surface area contributed by atoms with E-state index in [0.29, 0.717) is 0 Å². The summed E-state index contributed by atoms with van der Waals surface area (Å²) in [4.78, 5) is 5.06. The van der Waals surface area contributed by atoms with E-state index in [1.807, 2.05) is 0 Å². The zero-order chi connectivity index (χ0) is 15.0. The van der Waals surface area contributed by atoms with Crippen LogP contribution < -0.4 is 5.32 Å². The summed E-state index contributed by atoms with van der Waals surface area (Å²) in [5, 5.41) is 3.56. The number of hydrogen-bond donors (Lipinski definition) is 1. The largest absolute Gasteiger partial charge is 0.312 e. The molecule has 0 amide bonds. The first kappa shape index (κ1) is 17.9. The van der Waals surface area contributed by atoms with Gasteiger partial charge in [-0.25, -0.2) is 0 Å². The third-order valence-electron chi connectivity index (χ3n) is 4.27. The molecule has 1 aliphatic heterocycles.